The zero-order valence-electron chi connectivity index (χ0n) is 10.0. The first-order valence-electron chi connectivity index (χ1n) is 6.39. The van der Waals surface area contributed by atoms with Crippen LogP contribution in [0.15, 0.2) is 0 Å². The van der Waals surface area contributed by atoms with Crippen LogP contribution >= 0.6 is 0 Å². The van der Waals surface area contributed by atoms with Crippen molar-refractivity contribution in [3.63, 3.8) is 0 Å². The fraction of sp³-hybridized carbons (Fsp3) is 0.769. The molecule has 1 unspecified atom stereocenters. The average molecular weight is 234 g/mol. The van der Waals surface area contributed by atoms with E-state index < -0.39 is 0 Å². The Hall–Kier alpha value is -1.05. The van der Waals surface area contributed by atoms with Gasteiger partial charge in [-0.2, -0.15) is 0 Å². The number of amides is 1. The van der Waals surface area contributed by atoms with E-state index in [1.165, 1.54) is 5.06 Å². The van der Waals surface area contributed by atoms with Crippen molar-refractivity contribution < 1.29 is 9.63 Å². The first kappa shape index (κ1) is 11.1. The maximum Gasteiger partial charge on any atom is 0.249 e. The van der Waals surface area contributed by atoms with Gasteiger partial charge in [-0.05, 0) is 31.8 Å². The summed E-state index contributed by atoms with van der Waals surface area (Å²) in [6.45, 7) is 3.77. The first-order valence-corrected chi connectivity index (χ1v) is 6.39. The molecule has 0 aromatic rings. The minimum atomic E-state index is -0.234. The lowest BCUT2D eigenvalue weighted by molar-refractivity contribution is -0.238. The van der Waals surface area contributed by atoms with Gasteiger partial charge in [-0.3, -0.25) is 9.63 Å². The molecule has 2 bridgehead atoms. The number of terminal acetylenes is 1. The number of nitrogens with zero attached hydrogens (tertiary/aromatic N) is 2. The van der Waals surface area contributed by atoms with Crippen molar-refractivity contribution in [3.05, 3.63) is 0 Å². The molecule has 4 nitrogen and oxygen atoms in total. The molecule has 4 aliphatic rings. The number of carbonyl (C=O) groups is 1. The highest BCUT2D eigenvalue weighted by atomic mass is 16.7. The summed E-state index contributed by atoms with van der Waals surface area (Å²) in [7, 11) is 0. The van der Waals surface area contributed by atoms with Gasteiger partial charge in [-0.25, -0.2) is 5.06 Å². The second kappa shape index (κ2) is 4.01. The van der Waals surface area contributed by atoms with Gasteiger partial charge in [0.1, 0.15) is 5.60 Å². The molecular formula is C13H18N2O2. The molecule has 92 valence electrons. The molecular weight excluding hydrogens is 216 g/mol. The highest BCUT2D eigenvalue weighted by molar-refractivity contribution is 5.78. The molecule has 0 aromatic heterocycles. The maximum absolute atomic E-state index is 11.9. The summed E-state index contributed by atoms with van der Waals surface area (Å²) in [5, 5.41) is 1.50. The summed E-state index contributed by atoms with van der Waals surface area (Å²) in [6.07, 6.45) is 8.66. The zero-order valence-corrected chi connectivity index (χ0v) is 10.0. The van der Waals surface area contributed by atoms with Crippen LogP contribution in [-0.4, -0.2) is 47.7 Å². The summed E-state index contributed by atoms with van der Waals surface area (Å²) in [5.41, 5.74) is -0.234. The molecule has 4 heterocycles. The van der Waals surface area contributed by atoms with E-state index >= 15 is 0 Å². The van der Waals surface area contributed by atoms with E-state index in [0.29, 0.717) is 25.3 Å². The molecule has 0 N–H and O–H groups in total. The minimum absolute atomic E-state index is 0.106. The molecule has 0 aromatic carbocycles. The highest BCUT2D eigenvalue weighted by Crippen LogP contribution is 2.44. The van der Waals surface area contributed by atoms with Crippen molar-refractivity contribution in [1.29, 1.82) is 0 Å². The van der Waals surface area contributed by atoms with Crippen LogP contribution < -0.4 is 0 Å². The summed E-state index contributed by atoms with van der Waals surface area (Å²) in [6, 6.07) is 0. The van der Waals surface area contributed by atoms with Crippen LogP contribution in [0.4, 0.5) is 0 Å². The summed E-state index contributed by atoms with van der Waals surface area (Å²) < 4.78 is 0. The molecule has 0 radical (unpaired) electrons. The Labute approximate surface area is 102 Å². The van der Waals surface area contributed by atoms with E-state index in [-0.39, 0.29) is 11.5 Å². The Kier molecular flexibility index (Phi) is 2.61. The predicted molar refractivity (Wildman–Crippen MR) is 62.8 cm³/mol. The van der Waals surface area contributed by atoms with Crippen molar-refractivity contribution in [2.45, 2.75) is 31.3 Å². The molecule has 4 fully saturated rings. The van der Waals surface area contributed by atoms with E-state index in [2.05, 4.69) is 10.8 Å². The number of carbonyl (C=O) groups excluding carboxylic acids is 1. The minimum Gasteiger partial charge on any atom is -0.300 e. The van der Waals surface area contributed by atoms with Crippen LogP contribution in [0.2, 0.25) is 0 Å². The number of rotatable bonds is 2. The van der Waals surface area contributed by atoms with Crippen LogP contribution in [-0.2, 0) is 9.63 Å². The van der Waals surface area contributed by atoms with E-state index in [1.54, 1.807) is 0 Å². The SMILES string of the molecule is C#CCCN1OC2(CC1=O)CN1CCC2CC1. The van der Waals surface area contributed by atoms with Gasteiger partial charge in [-0.15, -0.1) is 12.3 Å². The third-order valence-corrected chi connectivity index (χ3v) is 4.30. The second-order valence-electron chi connectivity index (χ2n) is 5.33. The molecule has 1 amide bonds. The van der Waals surface area contributed by atoms with Gasteiger partial charge in [0.05, 0.1) is 13.0 Å². The van der Waals surface area contributed by atoms with E-state index in [4.69, 9.17) is 11.3 Å². The average Bonchev–Trinajstić information content (AvgIpc) is 2.64. The first-order chi connectivity index (χ1) is 8.23. The van der Waals surface area contributed by atoms with Gasteiger partial charge in [0.2, 0.25) is 5.91 Å². The maximum atomic E-state index is 11.9. The fourth-order valence-electron chi connectivity index (χ4n) is 3.41. The second-order valence-corrected chi connectivity index (χ2v) is 5.33. The molecule has 4 saturated heterocycles. The third kappa shape index (κ3) is 1.74. The molecule has 4 rings (SSSR count). The molecule has 4 heteroatoms. The van der Waals surface area contributed by atoms with Gasteiger partial charge in [-0.1, -0.05) is 0 Å². The van der Waals surface area contributed by atoms with Gasteiger partial charge in [0, 0.05) is 13.0 Å². The van der Waals surface area contributed by atoms with Crippen molar-refractivity contribution in [1.82, 2.24) is 9.96 Å². The smallest absolute Gasteiger partial charge is 0.249 e. The van der Waals surface area contributed by atoms with Crippen LogP contribution in [0, 0.1) is 18.3 Å². The Morgan fingerprint density at radius 1 is 1.47 bits per heavy atom. The van der Waals surface area contributed by atoms with E-state index in [0.717, 1.165) is 32.5 Å². The van der Waals surface area contributed by atoms with Crippen LogP contribution in [0.1, 0.15) is 25.7 Å². The number of hydrogen-bond donors (Lipinski definition) is 0. The topological polar surface area (TPSA) is 32.8 Å². The third-order valence-electron chi connectivity index (χ3n) is 4.30. The largest absolute Gasteiger partial charge is 0.300 e. The molecule has 0 aliphatic carbocycles. The van der Waals surface area contributed by atoms with Crippen molar-refractivity contribution >= 4 is 5.91 Å². The fourth-order valence-corrected chi connectivity index (χ4v) is 3.41. The lowest BCUT2D eigenvalue weighted by Gasteiger charge is -2.49. The lowest BCUT2D eigenvalue weighted by atomic mass is 9.74. The van der Waals surface area contributed by atoms with Crippen LogP contribution in [0.3, 0.4) is 0 Å². The van der Waals surface area contributed by atoms with Gasteiger partial charge in [0.25, 0.3) is 0 Å². The normalized spacial score (nSPS) is 39.9. The lowest BCUT2D eigenvalue weighted by Crippen LogP contribution is -2.59. The van der Waals surface area contributed by atoms with E-state index in [1.807, 2.05) is 0 Å². The monoisotopic (exact) mass is 234 g/mol. The number of hydrogen-bond acceptors (Lipinski definition) is 3. The Morgan fingerprint density at radius 2 is 2.24 bits per heavy atom. The summed E-state index contributed by atoms with van der Waals surface area (Å²) in [4.78, 5) is 20.3. The Bertz CT molecular complexity index is 368. The summed E-state index contributed by atoms with van der Waals surface area (Å²) in [5.74, 6) is 3.21. The number of fused-ring (bicyclic) bond motifs is 2. The van der Waals surface area contributed by atoms with Crippen molar-refractivity contribution in [2.75, 3.05) is 26.2 Å². The Balaban J connectivity index is 1.73. The molecule has 0 saturated carbocycles. The van der Waals surface area contributed by atoms with Crippen LogP contribution in [0.5, 0.6) is 0 Å². The predicted octanol–water partition coefficient (Wildman–Crippen LogP) is 0.638. The van der Waals surface area contributed by atoms with Crippen molar-refractivity contribution in [2.24, 2.45) is 5.92 Å². The number of piperidine rings is 3. The number of hydroxylamine groups is 2. The molecule has 1 spiro atoms. The van der Waals surface area contributed by atoms with Gasteiger partial charge in [0.15, 0.2) is 0 Å². The molecule has 17 heavy (non-hydrogen) atoms. The van der Waals surface area contributed by atoms with Gasteiger partial charge >= 0.3 is 0 Å². The Morgan fingerprint density at radius 3 is 2.82 bits per heavy atom. The quantitative estimate of drug-likeness (QED) is 0.657. The highest BCUT2D eigenvalue weighted by Gasteiger charge is 2.54. The summed E-state index contributed by atoms with van der Waals surface area (Å²) >= 11 is 0. The van der Waals surface area contributed by atoms with Gasteiger partial charge < -0.3 is 4.90 Å². The standard InChI is InChI=1S/C13H18N2O2/c1-2-3-6-15-12(16)9-13(17-15)10-14-7-4-11(13)5-8-14/h1,11H,3-10H2. The van der Waals surface area contributed by atoms with Crippen molar-refractivity contribution in [3.8, 4) is 12.3 Å². The molecule has 4 aliphatic heterocycles. The van der Waals surface area contributed by atoms with Crippen LogP contribution in [0.25, 0.3) is 0 Å². The molecule has 1 atom stereocenters. The zero-order chi connectivity index (χ0) is 11.9. The van der Waals surface area contributed by atoms with E-state index in [9.17, 15) is 4.79 Å².